The molecular weight excluding hydrogens is 352 g/mol. The first-order chi connectivity index (χ1) is 12.7. The van der Waals surface area contributed by atoms with Gasteiger partial charge < -0.3 is 24.4 Å². The van der Waals surface area contributed by atoms with Gasteiger partial charge >= 0.3 is 11.9 Å². The Morgan fingerprint density at radius 2 is 2.15 bits per heavy atom. The smallest absolute Gasteiger partial charge is 0.334 e. The molecule has 0 bridgehead atoms. The molecule has 0 aromatic carbocycles. The molecule has 4 rings (SSSR count). The van der Waals surface area contributed by atoms with Gasteiger partial charge in [-0.25, -0.2) is 9.59 Å². The summed E-state index contributed by atoms with van der Waals surface area (Å²) in [6.45, 7) is 9.23. The Kier molecular flexibility index (Phi) is 3.93. The maximum Gasteiger partial charge on any atom is 0.334 e. The average Bonchev–Trinajstić information content (AvgIpc) is 3.26. The SMILES string of the molecule is C=C1C(=O)O[C@H]2C1[C@H](OC(=O)/C(C)=C\C)C[C@]1(CO1)C1[C@H](O)C=C(C)[C@@]12O. The lowest BCUT2D eigenvalue weighted by molar-refractivity contribution is -0.162. The largest absolute Gasteiger partial charge is 0.458 e. The Morgan fingerprint density at radius 3 is 2.74 bits per heavy atom. The number of fused-ring (bicyclic) bond motifs is 4. The lowest BCUT2D eigenvalue weighted by atomic mass is 9.73. The van der Waals surface area contributed by atoms with Crippen molar-refractivity contribution in [2.75, 3.05) is 6.61 Å². The zero-order chi connectivity index (χ0) is 19.7. The van der Waals surface area contributed by atoms with Gasteiger partial charge in [0.25, 0.3) is 0 Å². The van der Waals surface area contributed by atoms with E-state index >= 15 is 0 Å². The highest BCUT2D eigenvalue weighted by Crippen LogP contribution is 2.59. The number of carbonyl (C=O) groups excluding carboxylic acids is 2. The first-order valence-corrected chi connectivity index (χ1v) is 9.12. The zero-order valence-corrected chi connectivity index (χ0v) is 15.6. The molecule has 2 unspecified atom stereocenters. The molecule has 27 heavy (non-hydrogen) atoms. The lowest BCUT2D eigenvalue weighted by Crippen LogP contribution is -2.55. The maximum absolute atomic E-state index is 12.4. The molecule has 2 N–H and O–H groups in total. The van der Waals surface area contributed by atoms with Crippen molar-refractivity contribution in [2.24, 2.45) is 11.8 Å². The van der Waals surface area contributed by atoms with E-state index in [1.54, 1.807) is 32.9 Å². The van der Waals surface area contributed by atoms with E-state index in [1.165, 1.54) is 0 Å². The third-order valence-electron chi connectivity index (χ3n) is 6.57. The van der Waals surface area contributed by atoms with Crippen LogP contribution in [0.1, 0.15) is 27.2 Å². The van der Waals surface area contributed by atoms with Crippen LogP contribution in [0.4, 0.5) is 0 Å². The highest BCUT2D eigenvalue weighted by molar-refractivity contribution is 5.92. The minimum atomic E-state index is -1.60. The first kappa shape index (κ1) is 18.4. The number of aliphatic hydroxyl groups is 2. The van der Waals surface area contributed by atoms with Gasteiger partial charge in [-0.1, -0.05) is 18.7 Å². The molecule has 7 heteroatoms. The molecule has 0 aromatic rings. The summed E-state index contributed by atoms with van der Waals surface area (Å²) in [5.41, 5.74) is -1.33. The van der Waals surface area contributed by atoms with Gasteiger partial charge in [0.2, 0.25) is 0 Å². The van der Waals surface area contributed by atoms with Gasteiger partial charge in [-0.15, -0.1) is 0 Å². The fourth-order valence-corrected chi connectivity index (χ4v) is 4.92. The summed E-state index contributed by atoms with van der Waals surface area (Å²) in [7, 11) is 0. The summed E-state index contributed by atoms with van der Waals surface area (Å²) in [6, 6.07) is 0. The molecule has 0 radical (unpaired) electrons. The fourth-order valence-electron chi connectivity index (χ4n) is 4.92. The molecule has 0 amide bonds. The predicted octanol–water partition coefficient (Wildman–Crippen LogP) is 0.803. The number of allylic oxidation sites excluding steroid dienone is 1. The zero-order valence-electron chi connectivity index (χ0n) is 15.6. The van der Waals surface area contributed by atoms with Crippen LogP contribution in [0.3, 0.4) is 0 Å². The molecule has 0 aromatic heterocycles. The second-order valence-electron chi connectivity index (χ2n) is 7.99. The minimum Gasteiger partial charge on any atom is -0.458 e. The van der Waals surface area contributed by atoms with Crippen molar-refractivity contribution in [2.45, 2.75) is 56.7 Å². The minimum absolute atomic E-state index is 0.162. The van der Waals surface area contributed by atoms with Crippen molar-refractivity contribution >= 4 is 11.9 Å². The Labute approximate surface area is 157 Å². The van der Waals surface area contributed by atoms with Crippen molar-refractivity contribution in [1.82, 2.24) is 0 Å². The summed E-state index contributed by atoms with van der Waals surface area (Å²) in [5, 5.41) is 22.3. The van der Waals surface area contributed by atoms with Crippen LogP contribution < -0.4 is 0 Å². The second kappa shape index (κ2) is 5.77. The van der Waals surface area contributed by atoms with Gasteiger partial charge in [0.1, 0.15) is 23.4 Å². The fraction of sp³-hybridized carbons (Fsp3) is 0.600. The van der Waals surface area contributed by atoms with Crippen LogP contribution in [0.25, 0.3) is 0 Å². The van der Waals surface area contributed by atoms with E-state index in [9.17, 15) is 19.8 Å². The third-order valence-corrected chi connectivity index (χ3v) is 6.57. The van der Waals surface area contributed by atoms with Crippen LogP contribution in [0.15, 0.2) is 35.5 Å². The van der Waals surface area contributed by atoms with Gasteiger partial charge in [0, 0.05) is 17.6 Å². The molecule has 1 saturated carbocycles. The molecule has 7 nitrogen and oxygen atoms in total. The quantitative estimate of drug-likeness (QED) is 0.318. The molecule has 1 spiro atoms. The van der Waals surface area contributed by atoms with Crippen LogP contribution >= 0.6 is 0 Å². The van der Waals surface area contributed by atoms with Crippen molar-refractivity contribution in [3.8, 4) is 0 Å². The molecular formula is C20H24O7. The maximum atomic E-state index is 12.4. The molecule has 7 atom stereocenters. The summed E-state index contributed by atoms with van der Waals surface area (Å²) in [5.74, 6) is -2.54. The summed E-state index contributed by atoms with van der Waals surface area (Å²) >= 11 is 0. The normalized spacial score (nSPS) is 45.7. The number of epoxide rings is 1. The molecule has 3 fully saturated rings. The number of aliphatic hydroxyl groups excluding tert-OH is 1. The van der Waals surface area contributed by atoms with Crippen LogP contribution in [-0.2, 0) is 23.8 Å². The van der Waals surface area contributed by atoms with E-state index in [-0.39, 0.29) is 12.0 Å². The number of ether oxygens (including phenoxy) is 3. The van der Waals surface area contributed by atoms with Crippen LogP contribution in [0.2, 0.25) is 0 Å². The Hall–Kier alpha value is -1.96. The standard InChI is InChI=1S/C20H24O7/c1-5-9(2)17(22)26-13-7-19(8-25-19)15-12(21)6-10(3)20(15,24)16-14(13)11(4)18(23)27-16/h5-6,12-16,21,24H,4,7-8H2,1-3H3/b9-5-/t12-,13-,14?,15?,16+,19+,20-/m1/s1. The van der Waals surface area contributed by atoms with Crippen molar-refractivity contribution in [1.29, 1.82) is 0 Å². The molecule has 2 heterocycles. The summed E-state index contributed by atoms with van der Waals surface area (Å²) < 4.78 is 16.9. The van der Waals surface area contributed by atoms with E-state index in [1.807, 2.05) is 0 Å². The molecule has 146 valence electrons. The Morgan fingerprint density at radius 1 is 1.48 bits per heavy atom. The van der Waals surface area contributed by atoms with Crippen molar-refractivity contribution < 1.29 is 34.0 Å². The number of carbonyl (C=O) groups is 2. The first-order valence-electron chi connectivity index (χ1n) is 9.12. The van der Waals surface area contributed by atoms with Crippen LogP contribution in [0.5, 0.6) is 0 Å². The van der Waals surface area contributed by atoms with Crippen LogP contribution in [0, 0.1) is 11.8 Å². The summed E-state index contributed by atoms with van der Waals surface area (Å²) in [4.78, 5) is 24.7. The molecule has 4 aliphatic rings. The molecule has 2 saturated heterocycles. The van der Waals surface area contributed by atoms with Gasteiger partial charge in [-0.2, -0.15) is 0 Å². The lowest BCUT2D eigenvalue weighted by Gasteiger charge is -2.39. The highest BCUT2D eigenvalue weighted by Gasteiger charge is 2.73. The van der Waals surface area contributed by atoms with E-state index in [0.717, 1.165) is 0 Å². The van der Waals surface area contributed by atoms with Gasteiger partial charge in [0.15, 0.2) is 0 Å². The van der Waals surface area contributed by atoms with Gasteiger partial charge in [0.05, 0.1) is 24.5 Å². The average molecular weight is 376 g/mol. The molecule has 2 aliphatic heterocycles. The van der Waals surface area contributed by atoms with E-state index in [0.29, 0.717) is 17.8 Å². The van der Waals surface area contributed by atoms with Crippen LogP contribution in [-0.4, -0.2) is 58.3 Å². The van der Waals surface area contributed by atoms with E-state index < -0.39 is 53.3 Å². The number of rotatable bonds is 2. The monoisotopic (exact) mass is 376 g/mol. The topological polar surface area (TPSA) is 106 Å². The van der Waals surface area contributed by atoms with E-state index in [4.69, 9.17) is 14.2 Å². The van der Waals surface area contributed by atoms with Gasteiger partial charge in [-0.3, -0.25) is 0 Å². The third kappa shape index (κ3) is 2.38. The van der Waals surface area contributed by atoms with E-state index in [2.05, 4.69) is 6.58 Å². The summed E-state index contributed by atoms with van der Waals surface area (Å²) in [6.07, 6.45) is 0.770. The predicted molar refractivity (Wildman–Crippen MR) is 93.3 cm³/mol. The number of hydrogen-bond donors (Lipinski definition) is 2. The number of esters is 2. The Balaban J connectivity index is 1.80. The Bertz CT molecular complexity index is 790. The second-order valence-corrected chi connectivity index (χ2v) is 7.99. The highest BCUT2D eigenvalue weighted by atomic mass is 16.6. The van der Waals surface area contributed by atoms with Crippen molar-refractivity contribution in [3.63, 3.8) is 0 Å². The van der Waals surface area contributed by atoms with Crippen molar-refractivity contribution in [3.05, 3.63) is 35.5 Å². The van der Waals surface area contributed by atoms with Gasteiger partial charge in [-0.05, 0) is 26.3 Å². The molecule has 2 aliphatic carbocycles. The number of hydrogen-bond acceptors (Lipinski definition) is 7.